The summed E-state index contributed by atoms with van der Waals surface area (Å²) in [7, 11) is 0. The summed E-state index contributed by atoms with van der Waals surface area (Å²) in [6.07, 6.45) is 2.00. The van der Waals surface area contributed by atoms with Gasteiger partial charge in [0.2, 0.25) is 5.91 Å². The van der Waals surface area contributed by atoms with Crippen molar-refractivity contribution in [2.75, 3.05) is 5.75 Å². The lowest BCUT2D eigenvalue weighted by Gasteiger charge is -2.24. The quantitative estimate of drug-likeness (QED) is 0.250. The summed E-state index contributed by atoms with van der Waals surface area (Å²) >= 11 is 4.42. The second-order valence-electron chi connectivity index (χ2n) is 8.53. The molecule has 1 heterocycles. The molecule has 0 aliphatic heterocycles. The van der Waals surface area contributed by atoms with Gasteiger partial charge in [0, 0.05) is 29.3 Å². The molecule has 1 aromatic heterocycles. The molecule has 5 nitrogen and oxygen atoms in total. The van der Waals surface area contributed by atoms with Crippen LogP contribution in [0, 0.1) is 5.92 Å². The van der Waals surface area contributed by atoms with Crippen molar-refractivity contribution in [3.63, 3.8) is 0 Å². The number of hydrogen-bond acceptors (Lipinski definition) is 3. The molecule has 1 amide bonds. The van der Waals surface area contributed by atoms with Crippen LogP contribution in [0.2, 0.25) is 0 Å². The molecule has 0 spiro atoms. The standard InChI is InChI=1S/C28H28N2O3S/c1-18(19-11-13-21(14-12-19)20-7-3-2-4-8-20)24(17-34)27(31)30-26(28(32)33)15-22-16-29-25-10-6-5-9-23(22)25/h2-14,16,18,24,26,29,34H,15,17H2,1H3,(H,30,31)(H,32,33)/t18-,24-,26+/m1/s1. The number of carbonyl (C=O) groups excluding carboxylic acids is 1. The van der Waals surface area contributed by atoms with Crippen molar-refractivity contribution in [3.8, 4) is 11.1 Å². The minimum Gasteiger partial charge on any atom is -0.480 e. The van der Waals surface area contributed by atoms with Gasteiger partial charge >= 0.3 is 5.97 Å². The van der Waals surface area contributed by atoms with Crippen LogP contribution in [-0.2, 0) is 16.0 Å². The second kappa shape index (κ2) is 10.6. The summed E-state index contributed by atoms with van der Waals surface area (Å²) in [4.78, 5) is 28.3. The zero-order valence-electron chi connectivity index (χ0n) is 18.9. The number of aliphatic carboxylic acids is 1. The highest BCUT2D eigenvalue weighted by Gasteiger charge is 2.29. The molecule has 4 rings (SSSR count). The molecular weight excluding hydrogens is 444 g/mol. The Kier molecular flexibility index (Phi) is 7.38. The van der Waals surface area contributed by atoms with E-state index in [1.807, 2.05) is 73.7 Å². The van der Waals surface area contributed by atoms with Crippen molar-refractivity contribution in [3.05, 3.63) is 96.2 Å². The van der Waals surface area contributed by atoms with E-state index in [0.29, 0.717) is 5.75 Å². The molecule has 3 atom stereocenters. The lowest BCUT2D eigenvalue weighted by atomic mass is 9.87. The number of carboxylic acids is 1. The van der Waals surface area contributed by atoms with Gasteiger partial charge in [0.25, 0.3) is 0 Å². The minimum absolute atomic E-state index is 0.121. The SMILES string of the molecule is C[C@H](c1ccc(-c2ccccc2)cc1)[C@@H](CS)C(=O)N[C@@H](Cc1c[nH]c2ccccc12)C(=O)O. The van der Waals surface area contributed by atoms with Crippen LogP contribution in [0.5, 0.6) is 0 Å². The molecule has 0 bridgehead atoms. The normalized spacial score (nSPS) is 13.8. The van der Waals surface area contributed by atoms with Crippen molar-refractivity contribution in [1.82, 2.24) is 10.3 Å². The van der Waals surface area contributed by atoms with Crippen LogP contribution in [0.4, 0.5) is 0 Å². The van der Waals surface area contributed by atoms with Crippen molar-refractivity contribution in [1.29, 1.82) is 0 Å². The van der Waals surface area contributed by atoms with E-state index in [4.69, 9.17) is 0 Å². The number of carbonyl (C=O) groups is 2. The number of nitrogens with one attached hydrogen (secondary N) is 2. The van der Waals surface area contributed by atoms with Gasteiger partial charge in [-0.3, -0.25) is 4.79 Å². The summed E-state index contributed by atoms with van der Waals surface area (Å²) in [5, 5.41) is 13.5. The molecule has 34 heavy (non-hydrogen) atoms. The molecule has 3 N–H and O–H groups in total. The van der Waals surface area contributed by atoms with Gasteiger partial charge in [0.15, 0.2) is 0 Å². The highest BCUT2D eigenvalue weighted by molar-refractivity contribution is 7.80. The third kappa shape index (κ3) is 5.18. The van der Waals surface area contributed by atoms with Crippen LogP contribution < -0.4 is 5.32 Å². The maximum atomic E-state index is 13.2. The number of aromatic amines is 1. The number of benzene rings is 3. The number of hydrogen-bond donors (Lipinski definition) is 4. The molecule has 0 saturated carbocycles. The highest BCUT2D eigenvalue weighted by Crippen LogP contribution is 2.28. The summed E-state index contributed by atoms with van der Waals surface area (Å²) in [6.45, 7) is 1.98. The lowest BCUT2D eigenvalue weighted by molar-refractivity contribution is -0.142. The first-order valence-corrected chi connectivity index (χ1v) is 12.0. The molecule has 0 aliphatic rings. The number of para-hydroxylation sites is 1. The van der Waals surface area contributed by atoms with E-state index in [1.54, 1.807) is 6.20 Å². The first-order chi connectivity index (χ1) is 16.5. The van der Waals surface area contributed by atoms with Crippen LogP contribution >= 0.6 is 12.6 Å². The summed E-state index contributed by atoms with van der Waals surface area (Å²) in [6, 6.07) is 24.9. The second-order valence-corrected chi connectivity index (χ2v) is 8.89. The van der Waals surface area contributed by atoms with Crippen LogP contribution in [0.1, 0.15) is 24.0 Å². The fourth-order valence-corrected chi connectivity index (χ4v) is 4.79. The maximum Gasteiger partial charge on any atom is 0.326 e. The Bertz CT molecular complexity index is 1270. The molecule has 174 valence electrons. The van der Waals surface area contributed by atoms with Crippen molar-refractivity contribution >= 4 is 35.4 Å². The highest BCUT2D eigenvalue weighted by atomic mass is 32.1. The Labute approximate surface area is 204 Å². The summed E-state index contributed by atoms with van der Waals surface area (Å²) < 4.78 is 0. The number of amides is 1. The average Bonchev–Trinajstić information content (AvgIpc) is 3.27. The number of thiol groups is 1. The molecule has 6 heteroatoms. The molecule has 0 fully saturated rings. The van der Waals surface area contributed by atoms with Crippen LogP contribution in [0.15, 0.2) is 85.1 Å². The van der Waals surface area contributed by atoms with Gasteiger partial charge in [0.05, 0.1) is 5.92 Å². The van der Waals surface area contributed by atoms with Crippen LogP contribution in [-0.4, -0.2) is 33.8 Å². The first kappa shape index (κ1) is 23.6. The van der Waals surface area contributed by atoms with Gasteiger partial charge in [-0.05, 0) is 34.2 Å². The first-order valence-electron chi connectivity index (χ1n) is 11.3. The molecule has 0 saturated heterocycles. The fraction of sp³-hybridized carbons (Fsp3) is 0.214. The summed E-state index contributed by atoms with van der Waals surface area (Å²) in [5.74, 6) is -1.63. The molecule has 0 unspecified atom stereocenters. The number of aromatic nitrogens is 1. The molecule has 4 aromatic rings. The Morgan fingerprint density at radius 1 is 0.941 bits per heavy atom. The van der Waals surface area contributed by atoms with E-state index in [-0.39, 0.29) is 18.2 Å². The Balaban J connectivity index is 1.47. The fourth-order valence-electron chi connectivity index (χ4n) is 4.31. The molecule has 3 aromatic carbocycles. The van der Waals surface area contributed by atoms with E-state index < -0.39 is 17.9 Å². The van der Waals surface area contributed by atoms with E-state index in [1.165, 1.54) is 0 Å². The van der Waals surface area contributed by atoms with E-state index in [0.717, 1.165) is 33.2 Å². The number of rotatable bonds is 9. The smallest absolute Gasteiger partial charge is 0.326 e. The topological polar surface area (TPSA) is 82.2 Å². The number of carboxylic acid groups (broad SMARTS) is 1. The third-order valence-electron chi connectivity index (χ3n) is 6.39. The van der Waals surface area contributed by atoms with E-state index in [2.05, 4.69) is 35.1 Å². The third-order valence-corrected chi connectivity index (χ3v) is 6.79. The molecule has 0 aliphatic carbocycles. The van der Waals surface area contributed by atoms with Gasteiger partial charge in [-0.1, -0.05) is 79.7 Å². The van der Waals surface area contributed by atoms with Gasteiger partial charge in [-0.2, -0.15) is 12.6 Å². The monoisotopic (exact) mass is 472 g/mol. The van der Waals surface area contributed by atoms with Gasteiger partial charge < -0.3 is 15.4 Å². The predicted octanol–water partition coefficient (Wildman–Crippen LogP) is 5.30. The van der Waals surface area contributed by atoms with Crippen molar-refractivity contribution in [2.24, 2.45) is 5.92 Å². The number of fused-ring (bicyclic) bond motifs is 1. The maximum absolute atomic E-state index is 13.2. The minimum atomic E-state index is -1.06. The Hall–Kier alpha value is -3.51. The van der Waals surface area contributed by atoms with E-state index >= 15 is 0 Å². The van der Waals surface area contributed by atoms with Gasteiger partial charge in [-0.15, -0.1) is 0 Å². The largest absolute Gasteiger partial charge is 0.480 e. The Morgan fingerprint density at radius 2 is 1.59 bits per heavy atom. The zero-order chi connectivity index (χ0) is 24.1. The van der Waals surface area contributed by atoms with Crippen LogP contribution in [0.3, 0.4) is 0 Å². The molecule has 0 radical (unpaired) electrons. The summed E-state index contributed by atoms with van der Waals surface area (Å²) in [5.41, 5.74) is 5.04. The van der Waals surface area contributed by atoms with Crippen molar-refractivity contribution in [2.45, 2.75) is 25.3 Å². The average molecular weight is 473 g/mol. The van der Waals surface area contributed by atoms with Crippen LogP contribution in [0.25, 0.3) is 22.0 Å². The van der Waals surface area contributed by atoms with Gasteiger partial charge in [0.1, 0.15) is 6.04 Å². The van der Waals surface area contributed by atoms with Crippen molar-refractivity contribution < 1.29 is 14.7 Å². The molecular formula is C28H28N2O3S. The Morgan fingerprint density at radius 3 is 2.26 bits per heavy atom. The van der Waals surface area contributed by atoms with E-state index in [9.17, 15) is 14.7 Å². The zero-order valence-corrected chi connectivity index (χ0v) is 19.8. The number of H-pyrrole nitrogens is 1. The predicted molar refractivity (Wildman–Crippen MR) is 139 cm³/mol. The lowest BCUT2D eigenvalue weighted by Crippen LogP contribution is -2.46. The van der Waals surface area contributed by atoms with Gasteiger partial charge in [-0.25, -0.2) is 4.79 Å².